The maximum absolute atomic E-state index is 12.2. The van der Waals surface area contributed by atoms with Crippen LogP contribution in [-0.2, 0) is 4.79 Å². The number of amides is 1. The zero-order valence-electron chi connectivity index (χ0n) is 13.0. The number of anilines is 1. The summed E-state index contributed by atoms with van der Waals surface area (Å²) in [5, 5.41) is 9.61. The molecular weight excluding hydrogens is 264 g/mol. The highest BCUT2D eigenvalue weighted by molar-refractivity contribution is 5.85. The minimum atomic E-state index is -0.385. The number of hydrogen-bond donors (Lipinski definition) is 3. The lowest BCUT2D eigenvalue weighted by atomic mass is 9.90. The van der Waals surface area contributed by atoms with Crippen molar-refractivity contribution < 1.29 is 4.79 Å². The van der Waals surface area contributed by atoms with Gasteiger partial charge < -0.3 is 16.0 Å². The fraction of sp³-hybridized carbons (Fsp3) is 0.625. The van der Waals surface area contributed by atoms with Crippen molar-refractivity contribution in [3.05, 3.63) is 23.9 Å². The molecule has 0 aromatic carbocycles. The minimum Gasteiger partial charge on any atom is -0.370 e. The van der Waals surface area contributed by atoms with E-state index in [-0.39, 0.29) is 11.4 Å². The van der Waals surface area contributed by atoms with Crippen LogP contribution in [0.3, 0.4) is 0 Å². The maximum Gasteiger partial charge on any atom is 0.240 e. The molecule has 0 aliphatic carbocycles. The Morgan fingerprint density at radius 1 is 1.38 bits per heavy atom. The molecule has 1 amide bonds. The Hall–Kier alpha value is -1.62. The van der Waals surface area contributed by atoms with Crippen LogP contribution in [0.1, 0.15) is 38.2 Å². The first-order valence-corrected chi connectivity index (χ1v) is 7.80. The summed E-state index contributed by atoms with van der Waals surface area (Å²) < 4.78 is 0. The van der Waals surface area contributed by atoms with Crippen LogP contribution in [0.5, 0.6) is 0 Å². The number of hydrogen-bond acceptors (Lipinski definition) is 4. The van der Waals surface area contributed by atoms with Crippen LogP contribution in [-0.4, -0.2) is 36.1 Å². The number of piperidine rings is 1. The van der Waals surface area contributed by atoms with Gasteiger partial charge in [0.25, 0.3) is 0 Å². The molecule has 116 valence electrons. The lowest BCUT2D eigenvalue weighted by Gasteiger charge is -2.33. The number of aryl methyl sites for hydroxylation is 1. The molecule has 0 saturated carbocycles. The van der Waals surface area contributed by atoms with E-state index < -0.39 is 0 Å². The van der Waals surface area contributed by atoms with Gasteiger partial charge in [0.2, 0.25) is 5.91 Å². The summed E-state index contributed by atoms with van der Waals surface area (Å²) in [6.45, 7) is 6.45. The van der Waals surface area contributed by atoms with Crippen LogP contribution in [0.25, 0.3) is 0 Å². The van der Waals surface area contributed by atoms with E-state index in [9.17, 15) is 4.79 Å². The summed E-state index contributed by atoms with van der Waals surface area (Å²) in [6, 6.07) is 4.01. The Morgan fingerprint density at radius 2 is 2.24 bits per heavy atom. The zero-order chi connectivity index (χ0) is 15.1. The normalized spacial score (nSPS) is 21.8. The standard InChI is InChI=1S/C16H26N4O/c1-13-6-7-14(19-12-13)17-9-5-10-18-15(21)16(2)8-3-4-11-20-16/h6-7,12,20H,3-5,8-11H2,1-2H3,(H,17,19)(H,18,21). The van der Waals surface area contributed by atoms with E-state index in [1.807, 2.05) is 32.2 Å². The molecular formula is C16H26N4O. The number of aromatic nitrogens is 1. The van der Waals surface area contributed by atoms with Crippen molar-refractivity contribution in [3.8, 4) is 0 Å². The predicted octanol–water partition coefficient (Wildman–Crippen LogP) is 1.84. The molecule has 1 aliphatic heterocycles. The Labute approximate surface area is 126 Å². The second kappa shape index (κ2) is 7.41. The summed E-state index contributed by atoms with van der Waals surface area (Å²) in [4.78, 5) is 16.5. The summed E-state index contributed by atoms with van der Waals surface area (Å²) >= 11 is 0. The van der Waals surface area contributed by atoms with Gasteiger partial charge in [0.15, 0.2) is 0 Å². The Bertz CT molecular complexity index is 452. The number of pyridine rings is 1. The Kier molecular flexibility index (Phi) is 5.56. The highest BCUT2D eigenvalue weighted by Crippen LogP contribution is 2.18. The van der Waals surface area contributed by atoms with E-state index in [0.29, 0.717) is 6.54 Å². The van der Waals surface area contributed by atoms with Crippen LogP contribution in [0.2, 0.25) is 0 Å². The number of carbonyl (C=O) groups is 1. The minimum absolute atomic E-state index is 0.121. The molecule has 21 heavy (non-hydrogen) atoms. The van der Waals surface area contributed by atoms with E-state index in [4.69, 9.17) is 0 Å². The van der Waals surface area contributed by atoms with Crippen LogP contribution < -0.4 is 16.0 Å². The predicted molar refractivity (Wildman–Crippen MR) is 85.3 cm³/mol. The summed E-state index contributed by atoms with van der Waals surface area (Å²) in [7, 11) is 0. The van der Waals surface area contributed by atoms with Crippen LogP contribution in [0.15, 0.2) is 18.3 Å². The van der Waals surface area contributed by atoms with Crippen molar-refractivity contribution in [2.45, 2.75) is 45.1 Å². The highest BCUT2D eigenvalue weighted by atomic mass is 16.2. The van der Waals surface area contributed by atoms with Crippen LogP contribution in [0, 0.1) is 6.92 Å². The molecule has 2 heterocycles. The molecule has 1 fully saturated rings. The van der Waals surface area contributed by atoms with Gasteiger partial charge in [-0.1, -0.05) is 6.07 Å². The Morgan fingerprint density at radius 3 is 2.90 bits per heavy atom. The number of carbonyl (C=O) groups excluding carboxylic acids is 1. The van der Waals surface area contributed by atoms with Crippen molar-refractivity contribution in [3.63, 3.8) is 0 Å². The van der Waals surface area contributed by atoms with Crippen LogP contribution in [0.4, 0.5) is 5.82 Å². The first kappa shape index (κ1) is 15.8. The van der Waals surface area contributed by atoms with E-state index in [1.54, 1.807) is 0 Å². The van der Waals surface area contributed by atoms with Crippen molar-refractivity contribution in [1.29, 1.82) is 0 Å². The van der Waals surface area contributed by atoms with Crippen molar-refractivity contribution in [2.24, 2.45) is 0 Å². The van der Waals surface area contributed by atoms with Gasteiger partial charge in [0.05, 0.1) is 5.54 Å². The molecule has 1 aliphatic rings. The quantitative estimate of drug-likeness (QED) is 0.699. The fourth-order valence-electron chi connectivity index (χ4n) is 2.52. The second-order valence-electron chi connectivity index (χ2n) is 5.97. The second-order valence-corrected chi connectivity index (χ2v) is 5.97. The number of nitrogens with one attached hydrogen (secondary N) is 3. The van der Waals surface area contributed by atoms with Gasteiger partial charge in [-0.05, 0) is 57.7 Å². The van der Waals surface area contributed by atoms with Crippen LogP contribution >= 0.6 is 0 Å². The monoisotopic (exact) mass is 290 g/mol. The van der Waals surface area contributed by atoms with Gasteiger partial charge in [0.1, 0.15) is 5.82 Å². The average Bonchev–Trinajstić information content (AvgIpc) is 2.49. The maximum atomic E-state index is 12.2. The van der Waals surface area contributed by atoms with Crippen molar-refractivity contribution in [1.82, 2.24) is 15.6 Å². The zero-order valence-corrected chi connectivity index (χ0v) is 13.0. The highest BCUT2D eigenvalue weighted by Gasteiger charge is 2.33. The molecule has 1 atom stereocenters. The third-order valence-electron chi connectivity index (χ3n) is 3.98. The Balaban J connectivity index is 1.63. The van der Waals surface area contributed by atoms with Gasteiger partial charge in [-0.15, -0.1) is 0 Å². The molecule has 3 N–H and O–H groups in total. The summed E-state index contributed by atoms with van der Waals surface area (Å²) in [6.07, 6.45) is 5.94. The van der Waals surface area contributed by atoms with E-state index in [0.717, 1.165) is 50.2 Å². The smallest absolute Gasteiger partial charge is 0.240 e. The largest absolute Gasteiger partial charge is 0.370 e. The molecule has 1 aromatic rings. The third-order valence-corrected chi connectivity index (χ3v) is 3.98. The lowest BCUT2D eigenvalue weighted by molar-refractivity contribution is -0.127. The fourth-order valence-corrected chi connectivity index (χ4v) is 2.52. The van der Waals surface area contributed by atoms with E-state index in [2.05, 4.69) is 20.9 Å². The molecule has 1 aromatic heterocycles. The molecule has 1 saturated heterocycles. The third kappa shape index (κ3) is 4.70. The molecule has 1 unspecified atom stereocenters. The van der Waals surface area contributed by atoms with E-state index >= 15 is 0 Å². The van der Waals surface area contributed by atoms with Gasteiger partial charge in [-0.25, -0.2) is 4.98 Å². The first-order valence-electron chi connectivity index (χ1n) is 7.80. The molecule has 0 spiro atoms. The topological polar surface area (TPSA) is 66.0 Å². The molecule has 0 radical (unpaired) electrons. The average molecular weight is 290 g/mol. The summed E-state index contributed by atoms with van der Waals surface area (Å²) in [5.74, 6) is 1.00. The van der Waals surface area contributed by atoms with Gasteiger partial charge in [-0.2, -0.15) is 0 Å². The summed E-state index contributed by atoms with van der Waals surface area (Å²) in [5.41, 5.74) is 0.769. The SMILES string of the molecule is Cc1ccc(NCCCNC(=O)C2(C)CCCCN2)nc1. The number of nitrogens with zero attached hydrogens (tertiary/aromatic N) is 1. The van der Waals surface area contributed by atoms with Gasteiger partial charge in [-0.3, -0.25) is 4.79 Å². The van der Waals surface area contributed by atoms with E-state index in [1.165, 1.54) is 0 Å². The van der Waals surface area contributed by atoms with Crippen molar-refractivity contribution in [2.75, 3.05) is 25.0 Å². The van der Waals surface area contributed by atoms with Crippen molar-refractivity contribution >= 4 is 11.7 Å². The van der Waals surface area contributed by atoms with Gasteiger partial charge in [0, 0.05) is 19.3 Å². The molecule has 5 heteroatoms. The van der Waals surface area contributed by atoms with Gasteiger partial charge >= 0.3 is 0 Å². The first-order chi connectivity index (χ1) is 10.1. The molecule has 5 nitrogen and oxygen atoms in total. The molecule has 2 rings (SSSR count). The lowest BCUT2D eigenvalue weighted by Crippen LogP contribution is -2.57. The number of rotatable bonds is 6. The molecule has 0 bridgehead atoms.